The van der Waals surface area contributed by atoms with Crippen LogP contribution >= 0.6 is 34.8 Å². The van der Waals surface area contributed by atoms with Gasteiger partial charge in [0, 0.05) is 5.56 Å². The van der Waals surface area contributed by atoms with E-state index in [-0.39, 0.29) is 0 Å². The Bertz CT molecular complexity index is 456. The van der Waals surface area contributed by atoms with Crippen LogP contribution in [0.3, 0.4) is 0 Å². The predicted octanol–water partition coefficient (Wildman–Crippen LogP) is 4.53. The molecular formula is C8HCl3F4O. The number of benzene rings is 1. The minimum atomic E-state index is -5.13. The van der Waals surface area contributed by atoms with E-state index in [1.807, 2.05) is 0 Å². The molecular weight excluding hydrogens is 294 g/mol. The van der Waals surface area contributed by atoms with E-state index in [9.17, 15) is 22.4 Å². The third kappa shape index (κ3) is 2.42. The molecule has 0 heterocycles. The summed E-state index contributed by atoms with van der Waals surface area (Å²) in [7, 11) is 0. The molecule has 0 amide bonds. The molecule has 0 atom stereocenters. The van der Waals surface area contributed by atoms with Crippen LogP contribution < -0.4 is 0 Å². The molecule has 1 nitrogen and oxygen atoms in total. The molecule has 8 heteroatoms. The zero-order valence-electron chi connectivity index (χ0n) is 7.13. The Morgan fingerprint density at radius 1 is 1.12 bits per heavy atom. The van der Waals surface area contributed by atoms with Crippen molar-refractivity contribution in [2.45, 2.75) is 6.18 Å². The van der Waals surface area contributed by atoms with Gasteiger partial charge in [0.15, 0.2) is 5.82 Å². The molecule has 0 unspecified atom stereocenters. The van der Waals surface area contributed by atoms with E-state index in [2.05, 4.69) is 0 Å². The number of rotatable bonds is 1. The van der Waals surface area contributed by atoms with Gasteiger partial charge in [0.05, 0.1) is 15.1 Å². The lowest BCUT2D eigenvalue weighted by Crippen LogP contribution is -2.23. The normalized spacial score (nSPS) is 11.7. The van der Waals surface area contributed by atoms with Crippen LogP contribution in [-0.4, -0.2) is 12.0 Å². The highest BCUT2D eigenvalue weighted by atomic mass is 35.5. The Kier molecular flexibility index (Phi) is 3.72. The van der Waals surface area contributed by atoms with Gasteiger partial charge in [0.2, 0.25) is 0 Å². The van der Waals surface area contributed by atoms with Gasteiger partial charge in [-0.25, -0.2) is 4.39 Å². The lowest BCUT2D eigenvalue weighted by molar-refractivity contribution is -0.0885. The predicted molar refractivity (Wildman–Crippen MR) is 51.8 cm³/mol. The second kappa shape index (κ2) is 4.39. The number of carbonyl (C=O) groups is 1. The van der Waals surface area contributed by atoms with Gasteiger partial charge in [-0.15, -0.1) is 0 Å². The fourth-order valence-electron chi connectivity index (χ4n) is 0.891. The average molecular weight is 295 g/mol. The number of alkyl halides is 3. The second-order valence-electron chi connectivity index (χ2n) is 2.67. The van der Waals surface area contributed by atoms with Crippen LogP contribution in [0.15, 0.2) is 6.07 Å². The molecule has 0 spiro atoms. The number of halogens is 7. The van der Waals surface area contributed by atoms with Crippen molar-refractivity contribution in [1.29, 1.82) is 0 Å². The number of hydrogen-bond donors (Lipinski definition) is 0. The Morgan fingerprint density at radius 3 is 2.06 bits per heavy atom. The van der Waals surface area contributed by atoms with Crippen molar-refractivity contribution < 1.29 is 22.4 Å². The molecule has 0 aliphatic heterocycles. The summed E-state index contributed by atoms with van der Waals surface area (Å²) < 4.78 is 49.3. The topological polar surface area (TPSA) is 17.1 Å². The first-order valence-electron chi connectivity index (χ1n) is 3.60. The average Bonchev–Trinajstić information content (AvgIpc) is 2.18. The fourth-order valence-corrected chi connectivity index (χ4v) is 1.57. The quantitative estimate of drug-likeness (QED) is 0.322. The van der Waals surface area contributed by atoms with E-state index in [4.69, 9.17) is 34.8 Å². The molecule has 0 bridgehead atoms. The molecule has 0 N–H and O–H groups in total. The maximum Gasteiger partial charge on any atom is 0.454 e. The van der Waals surface area contributed by atoms with Crippen molar-refractivity contribution in [2.75, 3.05) is 0 Å². The zero-order valence-corrected chi connectivity index (χ0v) is 9.40. The molecule has 16 heavy (non-hydrogen) atoms. The minimum Gasteiger partial charge on any atom is -0.284 e. The highest BCUT2D eigenvalue weighted by Gasteiger charge is 2.41. The highest BCUT2D eigenvalue weighted by molar-refractivity contribution is 6.45. The van der Waals surface area contributed by atoms with E-state index >= 15 is 0 Å². The first kappa shape index (κ1) is 13.5. The Labute approximate surface area is 102 Å². The number of ketones is 1. The minimum absolute atomic E-state index is 0.487. The van der Waals surface area contributed by atoms with Crippen molar-refractivity contribution in [2.24, 2.45) is 0 Å². The van der Waals surface area contributed by atoms with Crippen LogP contribution in [0.5, 0.6) is 0 Å². The number of hydrogen-bond acceptors (Lipinski definition) is 1. The largest absolute Gasteiger partial charge is 0.454 e. The molecule has 88 valence electrons. The number of Topliss-reactive ketones (excluding diaryl/α,β-unsaturated/α-hetero) is 1. The molecule has 1 rings (SSSR count). The number of carbonyl (C=O) groups excluding carboxylic acids is 1. The molecule has 0 saturated heterocycles. The second-order valence-corrected chi connectivity index (χ2v) is 3.84. The summed E-state index contributed by atoms with van der Waals surface area (Å²) in [6, 6.07) is 0.487. The van der Waals surface area contributed by atoms with Gasteiger partial charge < -0.3 is 0 Å². The maximum atomic E-state index is 13.0. The van der Waals surface area contributed by atoms with E-state index in [1.165, 1.54) is 0 Å². The third-order valence-corrected chi connectivity index (χ3v) is 2.72. The monoisotopic (exact) mass is 294 g/mol. The van der Waals surface area contributed by atoms with Crippen LogP contribution in [-0.2, 0) is 0 Å². The first-order chi connectivity index (χ1) is 7.16. The molecule has 0 saturated carbocycles. The summed E-state index contributed by atoms with van der Waals surface area (Å²) in [6.07, 6.45) is -5.13. The molecule has 0 aromatic heterocycles. The van der Waals surface area contributed by atoms with Crippen LogP contribution in [0.4, 0.5) is 17.6 Å². The summed E-state index contributed by atoms with van der Waals surface area (Å²) >= 11 is 15.8. The van der Waals surface area contributed by atoms with Crippen LogP contribution in [0, 0.1) is 5.82 Å². The van der Waals surface area contributed by atoms with Crippen molar-refractivity contribution in [3.63, 3.8) is 0 Å². The summed E-state index contributed by atoms with van der Waals surface area (Å²) in [5, 5.41) is -2.34. The van der Waals surface area contributed by atoms with Gasteiger partial charge in [-0.3, -0.25) is 4.79 Å². The first-order valence-corrected chi connectivity index (χ1v) is 4.74. The molecule has 0 radical (unpaired) electrons. The Morgan fingerprint density at radius 2 is 1.62 bits per heavy atom. The van der Waals surface area contributed by atoms with Crippen LogP contribution in [0.1, 0.15) is 10.4 Å². The smallest absolute Gasteiger partial charge is 0.284 e. The molecule has 1 aromatic rings. The van der Waals surface area contributed by atoms with Crippen molar-refractivity contribution in [1.82, 2.24) is 0 Å². The summed E-state index contributed by atoms with van der Waals surface area (Å²) in [5.41, 5.74) is -0.981. The van der Waals surface area contributed by atoms with Crippen molar-refractivity contribution in [3.8, 4) is 0 Å². The molecule has 0 aliphatic rings. The van der Waals surface area contributed by atoms with Gasteiger partial charge in [-0.05, 0) is 6.07 Å². The van der Waals surface area contributed by atoms with Crippen molar-refractivity contribution in [3.05, 3.63) is 32.5 Å². The van der Waals surface area contributed by atoms with Crippen LogP contribution in [0.25, 0.3) is 0 Å². The molecule has 0 aliphatic carbocycles. The summed E-state index contributed by atoms with van der Waals surface area (Å²) in [6.45, 7) is 0. The Hall–Kier alpha value is -0.520. The summed E-state index contributed by atoms with van der Waals surface area (Å²) in [5.74, 6) is -3.41. The summed E-state index contributed by atoms with van der Waals surface area (Å²) in [4.78, 5) is 10.9. The van der Waals surface area contributed by atoms with Gasteiger partial charge in [0.1, 0.15) is 0 Å². The fraction of sp³-hybridized carbons (Fsp3) is 0.125. The Balaban J connectivity index is 3.43. The third-order valence-electron chi connectivity index (χ3n) is 1.60. The SMILES string of the molecule is O=C(c1cc(Cl)c(F)c(Cl)c1Cl)C(F)(F)F. The van der Waals surface area contributed by atoms with Gasteiger partial charge >= 0.3 is 6.18 Å². The van der Waals surface area contributed by atoms with Gasteiger partial charge in [-0.1, -0.05) is 34.8 Å². The lowest BCUT2D eigenvalue weighted by atomic mass is 10.1. The van der Waals surface area contributed by atoms with Crippen LogP contribution in [0.2, 0.25) is 15.1 Å². The highest BCUT2D eigenvalue weighted by Crippen LogP contribution is 2.36. The lowest BCUT2D eigenvalue weighted by Gasteiger charge is -2.09. The molecule has 1 aromatic carbocycles. The van der Waals surface area contributed by atoms with Crippen molar-refractivity contribution >= 4 is 40.6 Å². The molecule has 0 fully saturated rings. The zero-order chi connectivity index (χ0) is 12.7. The van der Waals surface area contributed by atoms with E-state index in [0.717, 1.165) is 0 Å². The van der Waals surface area contributed by atoms with E-state index in [0.29, 0.717) is 6.07 Å². The standard InChI is InChI=1S/C8HCl3F4O/c9-3-1-2(7(16)8(13,14)15)4(10)5(11)6(3)12/h1H. The van der Waals surface area contributed by atoms with Gasteiger partial charge in [0.25, 0.3) is 5.78 Å². The van der Waals surface area contributed by atoms with E-state index in [1.54, 1.807) is 0 Å². The van der Waals surface area contributed by atoms with Gasteiger partial charge in [-0.2, -0.15) is 13.2 Å². The van der Waals surface area contributed by atoms with E-state index < -0.39 is 38.4 Å². The maximum absolute atomic E-state index is 13.0.